The molecular formula is C28H38N4O5. The molecule has 1 atom stereocenters. The Kier molecular flexibility index (Phi) is 9.91. The van der Waals surface area contributed by atoms with E-state index in [9.17, 15) is 14.4 Å². The van der Waals surface area contributed by atoms with Crippen LogP contribution in [0.1, 0.15) is 45.1 Å². The van der Waals surface area contributed by atoms with Crippen LogP contribution in [-0.4, -0.2) is 60.7 Å². The lowest BCUT2D eigenvalue weighted by atomic mass is 9.94. The summed E-state index contributed by atoms with van der Waals surface area (Å²) in [4.78, 5) is 40.6. The molecule has 0 aromatic heterocycles. The smallest absolute Gasteiger partial charge is 0.323 e. The molecule has 3 amide bonds. The highest BCUT2D eigenvalue weighted by Gasteiger charge is 2.27. The fourth-order valence-corrected chi connectivity index (χ4v) is 4.70. The topological polar surface area (TPSA) is 111 Å². The summed E-state index contributed by atoms with van der Waals surface area (Å²) >= 11 is 0. The number of carbonyl (C=O) groups excluding carboxylic acids is 2. The number of anilines is 3. The summed E-state index contributed by atoms with van der Waals surface area (Å²) in [6.07, 6.45) is 2.30. The number of aliphatic carboxylic acids is 1. The van der Waals surface area contributed by atoms with Crippen molar-refractivity contribution in [2.75, 3.05) is 42.3 Å². The molecule has 1 saturated heterocycles. The zero-order valence-corrected chi connectivity index (χ0v) is 22.1. The van der Waals surface area contributed by atoms with E-state index in [2.05, 4.69) is 15.5 Å². The van der Waals surface area contributed by atoms with Crippen molar-refractivity contribution in [2.45, 2.75) is 52.5 Å². The Morgan fingerprint density at radius 1 is 1.11 bits per heavy atom. The summed E-state index contributed by atoms with van der Waals surface area (Å²) in [5.41, 5.74) is 2.90. The number of nitrogens with one attached hydrogen (secondary N) is 2. The highest BCUT2D eigenvalue weighted by Crippen LogP contribution is 2.32. The maximum absolute atomic E-state index is 12.9. The van der Waals surface area contributed by atoms with Crippen molar-refractivity contribution in [3.05, 3.63) is 48.0 Å². The van der Waals surface area contributed by atoms with Gasteiger partial charge in [0.2, 0.25) is 5.91 Å². The molecule has 0 aliphatic carbocycles. The van der Waals surface area contributed by atoms with Gasteiger partial charge in [0.25, 0.3) is 0 Å². The Bertz CT molecular complexity index is 1100. The van der Waals surface area contributed by atoms with Crippen LogP contribution < -0.4 is 20.3 Å². The van der Waals surface area contributed by atoms with Crippen molar-refractivity contribution in [3.63, 3.8) is 0 Å². The average molecular weight is 511 g/mol. The second-order valence-electron chi connectivity index (χ2n) is 9.56. The van der Waals surface area contributed by atoms with Crippen LogP contribution in [0.15, 0.2) is 42.5 Å². The second-order valence-corrected chi connectivity index (χ2v) is 9.56. The number of hydrogen-bond donors (Lipinski definition) is 3. The van der Waals surface area contributed by atoms with Crippen molar-refractivity contribution in [1.29, 1.82) is 0 Å². The number of amides is 3. The van der Waals surface area contributed by atoms with E-state index in [1.807, 2.05) is 51.1 Å². The normalized spacial score (nSPS) is 15.0. The van der Waals surface area contributed by atoms with Crippen LogP contribution in [0, 0.1) is 12.8 Å². The number of ether oxygens (including phenoxy) is 1. The van der Waals surface area contributed by atoms with Gasteiger partial charge >= 0.3 is 12.0 Å². The van der Waals surface area contributed by atoms with Crippen molar-refractivity contribution in [2.24, 2.45) is 5.92 Å². The molecular weight excluding hydrogens is 472 g/mol. The van der Waals surface area contributed by atoms with Gasteiger partial charge in [-0.05, 0) is 69.5 Å². The first-order chi connectivity index (χ1) is 17.7. The zero-order chi connectivity index (χ0) is 26.9. The molecule has 0 saturated carbocycles. The number of hydrogen-bond acceptors (Lipinski definition) is 5. The molecule has 3 N–H and O–H groups in total. The second kappa shape index (κ2) is 13.1. The van der Waals surface area contributed by atoms with E-state index in [-0.39, 0.29) is 24.4 Å². The van der Waals surface area contributed by atoms with Crippen LogP contribution in [0.25, 0.3) is 0 Å². The number of urea groups is 1. The van der Waals surface area contributed by atoms with E-state index in [4.69, 9.17) is 9.84 Å². The number of benzene rings is 2. The minimum absolute atomic E-state index is 0.000798. The number of carboxylic acids is 1. The number of methoxy groups -OCH3 is 1. The van der Waals surface area contributed by atoms with Crippen LogP contribution in [0.2, 0.25) is 0 Å². The van der Waals surface area contributed by atoms with Gasteiger partial charge in [0.1, 0.15) is 5.75 Å². The van der Waals surface area contributed by atoms with E-state index in [0.717, 1.165) is 42.9 Å². The fourth-order valence-electron chi connectivity index (χ4n) is 4.70. The summed E-state index contributed by atoms with van der Waals surface area (Å²) in [6, 6.07) is 12.5. The standard InChI is InChI=1S/C28H38N4O5/c1-5-26(33)32(18-21-12-14-31(15-13-21)20(3)16-27(34)35)22-10-11-24(25(17-22)37-4)30-28(36)29-23-9-7-6-8-19(23)2/h6-11,17,20-21H,5,12-16,18H2,1-4H3,(H,34,35)(H2,29,30,36). The van der Waals surface area contributed by atoms with Crippen LogP contribution in [-0.2, 0) is 9.59 Å². The predicted octanol–water partition coefficient (Wildman–Crippen LogP) is 4.97. The lowest BCUT2D eigenvalue weighted by Crippen LogP contribution is -2.44. The Hall–Kier alpha value is -3.59. The number of likely N-dealkylation sites (tertiary alicyclic amines) is 1. The SMILES string of the molecule is CCC(=O)N(CC1CCN(C(C)CC(=O)O)CC1)c1ccc(NC(=O)Nc2ccccc2C)c(OC)c1. The monoisotopic (exact) mass is 510 g/mol. The average Bonchev–Trinajstić information content (AvgIpc) is 2.88. The van der Waals surface area contributed by atoms with Crippen LogP contribution in [0.5, 0.6) is 5.75 Å². The summed E-state index contributed by atoms with van der Waals surface area (Å²) in [5.74, 6) is 0.00624. The first-order valence-corrected chi connectivity index (χ1v) is 12.8. The number of piperidine rings is 1. The Morgan fingerprint density at radius 2 is 1.78 bits per heavy atom. The molecule has 9 heteroatoms. The van der Waals surface area contributed by atoms with Crippen molar-refractivity contribution in [1.82, 2.24) is 4.90 Å². The minimum Gasteiger partial charge on any atom is -0.494 e. The van der Waals surface area contributed by atoms with Gasteiger partial charge < -0.3 is 30.3 Å². The minimum atomic E-state index is -0.783. The van der Waals surface area contributed by atoms with Gasteiger partial charge in [0.15, 0.2) is 0 Å². The molecule has 3 rings (SSSR count). The number of rotatable bonds is 10. The summed E-state index contributed by atoms with van der Waals surface area (Å²) in [5, 5.41) is 14.8. The lowest BCUT2D eigenvalue weighted by Gasteiger charge is -2.37. The van der Waals surface area contributed by atoms with E-state index in [1.54, 1.807) is 17.0 Å². The third-order valence-corrected chi connectivity index (χ3v) is 6.93. The Morgan fingerprint density at radius 3 is 2.41 bits per heavy atom. The fraction of sp³-hybridized carbons (Fsp3) is 0.464. The number of para-hydroxylation sites is 1. The molecule has 1 unspecified atom stereocenters. The predicted molar refractivity (Wildman–Crippen MR) is 145 cm³/mol. The number of carbonyl (C=O) groups is 3. The van der Waals surface area contributed by atoms with E-state index >= 15 is 0 Å². The highest BCUT2D eigenvalue weighted by molar-refractivity contribution is 6.01. The van der Waals surface area contributed by atoms with Gasteiger partial charge in [-0.1, -0.05) is 25.1 Å². The van der Waals surface area contributed by atoms with Crippen molar-refractivity contribution < 1.29 is 24.2 Å². The molecule has 1 heterocycles. The molecule has 0 radical (unpaired) electrons. The van der Waals surface area contributed by atoms with E-state index in [0.29, 0.717) is 30.3 Å². The molecule has 2 aromatic rings. The number of carboxylic acid groups (broad SMARTS) is 1. The number of aryl methyl sites for hydroxylation is 1. The summed E-state index contributed by atoms with van der Waals surface area (Å²) in [6.45, 7) is 7.92. The van der Waals surface area contributed by atoms with Crippen LogP contribution >= 0.6 is 0 Å². The van der Waals surface area contributed by atoms with Crippen LogP contribution in [0.3, 0.4) is 0 Å². The van der Waals surface area contributed by atoms with Gasteiger partial charge in [0, 0.05) is 36.4 Å². The van der Waals surface area contributed by atoms with Gasteiger partial charge in [-0.2, -0.15) is 0 Å². The van der Waals surface area contributed by atoms with E-state index in [1.165, 1.54) is 7.11 Å². The summed E-state index contributed by atoms with van der Waals surface area (Å²) in [7, 11) is 1.53. The largest absolute Gasteiger partial charge is 0.494 e. The van der Waals surface area contributed by atoms with E-state index < -0.39 is 5.97 Å². The third kappa shape index (κ3) is 7.69. The summed E-state index contributed by atoms with van der Waals surface area (Å²) < 4.78 is 5.55. The maximum Gasteiger partial charge on any atom is 0.323 e. The van der Waals surface area contributed by atoms with Gasteiger partial charge in [-0.3, -0.25) is 9.59 Å². The van der Waals surface area contributed by atoms with Crippen molar-refractivity contribution >= 4 is 35.0 Å². The molecule has 2 aromatic carbocycles. The Balaban J connectivity index is 1.68. The molecule has 1 fully saturated rings. The van der Waals surface area contributed by atoms with Gasteiger partial charge in [0.05, 0.1) is 19.2 Å². The van der Waals surface area contributed by atoms with Crippen molar-refractivity contribution in [3.8, 4) is 5.75 Å². The quantitative estimate of drug-likeness (QED) is 0.416. The third-order valence-electron chi connectivity index (χ3n) is 6.93. The lowest BCUT2D eigenvalue weighted by molar-refractivity contribution is -0.138. The maximum atomic E-state index is 12.9. The highest BCUT2D eigenvalue weighted by atomic mass is 16.5. The molecule has 0 bridgehead atoms. The van der Waals surface area contributed by atoms with Crippen LogP contribution in [0.4, 0.5) is 21.9 Å². The first-order valence-electron chi connectivity index (χ1n) is 12.8. The molecule has 1 aliphatic heterocycles. The molecule has 0 spiro atoms. The number of nitrogens with zero attached hydrogens (tertiary/aromatic N) is 2. The molecule has 200 valence electrons. The van der Waals surface area contributed by atoms with Gasteiger partial charge in [-0.15, -0.1) is 0 Å². The van der Waals surface area contributed by atoms with Gasteiger partial charge in [-0.25, -0.2) is 4.79 Å². The Labute approximate surface area is 218 Å². The first kappa shape index (κ1) is 28.0. The molecule has 1 aliphatic rings. The molecule has 37 heavy (non-hydrogen) atoms. The molecule has 9 nitrogen and oxygen atoms in total. The zero-order valence-electron chi connectivity index (χ0n) is 22.1.